The molecule has 19 heavy (non-hydrogen) atoms. The molecule has 0 amide bonds. The summed E-state index contributed by atoms with van der Waals surface area (Å²) >= 11 is 0. The van der Waals surface area contributed by atoms with E-state index in [1.807, 2.05) is 25.2 Å². The average molecular weight is 254 g/mol. The molecule has 0 fully saturated rings. The molecule has 0 bridgehead atoms. The molecule has 0 aliphatic heterocycles. The smallest absolute Gasteiger partial charge is 0.118 e. The molecule has 0 aliphatic carbocycles. The summed E-state index contributed by atoms with van der Waals surface area (Å²) in [6.07, 6.45) is 3.23. The minimum absolute atomic E-state index is 0.329. The Balaban J connectivity index is 1.98. The molecule has 99 valence electrons. The third kappa shape index (κ3) is 4.11. The Bertz CT molecular complexity index is 478. The number of likely N-dealkylation sites (N-methyl/N-ethyl adjacent to an activating group) is 1. The van der Waals surface area contributed by atoms with Crippen molar-refractivity contribution in [3.63, 3.8) is 0 Å². The first-order valence-corrected chi connectivity index (χ1v) is 6.52. The number of rotatable bonds is 6. The van der Waals surface area contributed by atoms with Crippen molar-refractivity contribution in [2.75, 3.05) is 14.2 Å². The molecule has 2 rings (SSSR count). The van der Waals surface area contributed by atoms with Crippen molar-refractivity contribution in [1.29, 1.82) is 0 Å². The molecule has 1 N–H and O–H groups in total. The van der Waals surface area contributed by atoms with Gasteiger partial charge in [-0.3, -0.25) is 0 Å². The molecule has 0 saturated heterocycles. The van der Waals surface area contributed by atoms with Crippen LogP contribution in [0.4, 0.5) is 0 Å². The maximum atomic E-state index is 5.17. The fraction of sp³-hybridized carbons (Fsp3) is 0.235. The van der Waals surface area contributed by atoms with Gasteiger partial charge in [-0.05, 0) is 36.7 Å². The summed E-state index contributed by atoms with van der Waals surface area (Å²) in [5.74, 6) is 0.890. The van der Waals surface area contributed by atoms with Crippen LogP contribution in [0.2, 0.25) is 0 Å². The Morgan fingerprint density at radius 3 is 2.32 bits per heavy atom. The maximum Gasteiger partial charge on any atom is 0.118 e. The van der Waals surface area contributed by atoms with Gasteiger partial charge in [0, 0.05) is 12.5 Å². The van der Waals surface area contributed by atoms with Crippen LogP contribution in [0.25, 0.3) is 0 Å². The number of ether oxygens (including phenoxy) is 1. The maximum absolute atomic E-state index is 5.17. The first-order valence-electron chi connectivity index (χ1n) is 6.52. The summed E-state index contributed by atoms with van der Waals surface area (Å²) in [4.78, 5) is 0. The lowest BCUT2D eigenvalue weighted by Crippen LogP contribution is -2.28. The molecule has 0 heterocycles. The molecule has 1 unspecified atom stereocenters. The minimum atomic E-state index is 0.329. The van der Waals surface area contributed by atoms with Crippen molar-refractivity contribution in [1.82, 2.24) is 5.32 Å². The third-order valence-electron chi connectivity index (χ3n) is 3.18. The number of hydrogen-bond acceptors (Lipinski definition) is 2. The van der Waals surface area contributed by atoms with E-state index >= 15 is 0 Å². The van der Waals surface area contributed by atoms with E-state index in [4.69, 9.17) is 4.74 Å². The molecule has 0 saturated carbocycles. The standard InChI is InChI=1S/C17H20NO/c1-18-16(12-14-6-4-3-5-7-14)13-15-8-10-17(19-2)11-9-15/h3-11,13,16,18H,12H2,1-2H3. The summed E-state index contributed by atoms with van der Waals surface area (Å²) in [5, 5.41) is 3.34. The molecular formula is C17H20NO. The molecule has 1 atom stereocenters. The Kier molecular flexibility index (Phi) is 4.99. The van der Waals surface area contributed by atoms with Crippen LogP contribution in [0.1, 0.15) is 11.1 Å². The molecule has 1 radical (unpaired) electrons. The molecule has 2 nitrogen and oxygen atoms in total. The summed E-state index contributed by atoms with van der Waals surface area (Å²) in [5.41, 5.74) is 2.54. The van der Waals surface area contributed by atoms with Gasteiger partial charge in [-0.25, -0.2) is 0 Å². The van der Waals surface area contributed by atoms with Gasteiger partial charge in [-0.15, -0.1) is 0 Å². The number of benzene rings is 2. The van der Waals surface area contributed by atoms with Crippen LogP contribution in [0, 0.1) is 6.42 Å². The van der Waals surface area contributed by atoms with Crippen LogP contribution in [-0.2, 0) is 6.42 Å². The van der Waals surface area contributed by atoms with E-state index in [-0.39, 0.29) is 0 Å². The van der Waals surface area contributed by atoms with E-state index in [0.717, 1.165) is 12.2 Å². The number of methoxy groups -OCH3 is 1. The molecule has 0 spiro atoms. The Morgan fingerprint density at radius 2 is 1.74 bits per heavy atom. The predicted molar refractivity (Wildman–Crippen MR) is 79.4 cm³/mol. The fourth-order valence-corrected chi connectivity index (χ4v) is 2.06. The van der Waals surface area contributed by atoms with Crippen LogP contribution in [-0.4, -0.2) is 20.2 Å². The lowest BCUT2D eigenvalue weighted by atomic mass is 9.99. The van der Waals surface area contributed by atoms with E-state index < -0.39 is 0 Å². The van der Waals surface area contributed by atoms with Crippen molar-refractivity contribution < 1.29 is 4.74 Å². The number of nitrogens with one attached hydrogen (secondary N) is 1. The van der Waals surface area contributed by atoms with E-state index in [9.17, 15) is 0 Å². The zero-order valence-electron chi connectivity index (χ0n) is 11.5. The molecular weight excluding hydrogens is 234 g/mol. The Labute approximate surface area is 115 Å². The highest BCUT2D eigenvalue weighted by Gasteiger charge is 2.08. The Hall–Kier alpha value is -1.80. The molecule has 2 aromatic rings. The lowest BCUT2D eigenvalue weighted by Gasteiger charge is -2.16. The summed E-state index contributed by atoms with van der Waals surface area (Å²) in [6, 6.07) is 19.0. The van der Waals surface area contributed by atoms with Gasteiger partial charge >= 0.3 is 0 Å². The summed E-state index contributed by atoms with van der Waals surface area (Å²) < 4.78 is 5.17. The van der Waals surface area contributed by atoms with Crippen molar-refractivity contribution >= 4 is 0 Å². The van der Waals surface area contributed by atoms with E-state index in [1.54, 1.807) is 7.11 Å². The molecule has 2 aromatic carbocycles. The lowest BCUT2D eigenvalue weighted by molar-refractivity contribution is 0.414. The van der Waals surface area contributed by atoms with Gasteiger partial charge in [0.05, 0.1) is 7.11 Å². The monoisotopic (exact) mass is 254 g/mol. The quantitative estimate of drug-likeness (QED) is 0.855. The van der Waals surface area contributed by atoms with Gasteiger partial charge in [0.2, 0.25) is 0 Å². The second-order valence-electron chi connectivity index (χ2n) is 4.52. The largest absolute Gasteiger partial charge is 0.497 e. The predicted octanol–water partition coefficient (Wildman–Crippen LogP) is 3.08. The first-order chi connectivity index (χ1) is 9.31. The zero-order valence-corrected chi connectivity index (χ0v) is 11.5. The van der Waals surface area contributed by atoms with Crippen LogP contribution in [0.5, 0.6) is 5.75 Å². The van der Waals surface area contributed by atoms with Crippen LogP contribution < -0.4 is 10.1 Å². The highest BCUT2D eigenvalue weighted by molar-refractivity contribution is 5.33. The topological polar surface area (TPSA) is 21.3 Å². The van der Waals surface area contributed by atoms with E-state index in [2.05, 4.69) is 48.1 Å². The average Bonchev–Trinajstić information content (AvgIpc) is 2.48. The highest BCUT2D eigenvalue weighted by Crippen LogP contribution is 2.15. The molecule has 0 aromatic heterocycles. The van der Waals surface area contributed by atoms with Gasteiger partial charge in [0.1, 0.15) is 5.75 Å². The van der Waals surface area contributed by atoms with Crippen molar-refractivity contribution in [2.24, 2.45) is 0 Å². The highest BCUT2D eigenvalue weighted by atomic mass is 16.5. The third-order valence-corrected chi connectivity index (χ3v) is 3.18. The van der Waals surface area contributed by atoms with Crippen LogP contribution >= 0.6 is 0 Å². The summed E-state index contributed by atoms with van der Waals surface area (Å²) in [6.45, 7) is 0. The normalized spacial score (nSPS) is 12.1. The first kappa shape index (κ1) is 13.6. The van der Waals surface area contributed by atoms with Crippen LogP contribution in [0.15, 0.2) is 54.6 Å². The van der Waals surface area contributed by atoms with E-state index in [1.165, 1.54) is 11.1 Å². The SMILES string of the molecule is CNC([CH]c1ccc(OC)cc1)Cc1ccccc1. The van der Waals surface area contributed by atoms with Gasteiger partial charge in [-0.2, -0.15) is 0 Å². The fourth-order valence-electron chi connectivity index (χ4n) is 2.06. The second kappa shape index (κ2) is 6.95. The Morgan fingerprint density at radius 1 is 1.05 bits per heavy atom. The van der Waals surface area contributed by atoms with Crippen molar-refractivity contribution in [2.45, 2.75) is 12.5 Å². The second-order valence-corrected chi connectivity index (χ2v) is 4.52. The van der Waals surface area contributed by atoms with Crippen molar-refractivity contribution in [3.05, 3.63) is 72.1 Å². The summed E-state index contributed by atoms with van der Waals surface area (Å²) in [7, 11) is 3.68. The zero-order chi connectivity index (χ0) is 13.5. The molecule has 2 heteroatoms. The molecule has 0 aliphatic rings. The van der Waals surface area contributed by atoms with Gasteiger partial charge in [0.15, 0.2) is 0 Å². The van der Waals surface area contributed by atoms with Crippen LogP contribution in [0.3, 0.4) is 0 Å². The number of hydrogen-bond donors (Lipinski definition) is 1. The van der Waals surface area contributed by atoms with Gasteiger partial charge in [0.25, 0.3) is 0 Å². The van der Waals surface area contributed by atoms with Crippen molar-refractivity contribution in [3.8, 4) is 5.75 Å². The van der Waals surface area contributed by atoms with Gasteiger partial charge in [-0.1, -0.05) is 42.5 Å². The minimum Gasteiger partial charge on any atom is -0.497 e. The van der Waals surface area contributed by atoms with E-state index in [0.29, 0.717) is 6.04 Å². The van der Waals surface area contributed by atoms with Gasteiger partial charge < -0.3 is 10.1 Å².